The fourth-order valence-corrected chi connectivity index (χ4v) is 3.22. The predicted molar refractivity (Wildman–Crippen MR) is 88.8 cm³/mol. The standard InChI is InChI=1S/C16H24N2O3S/c1-5-9-12(2)14(4)22(17,20)18-16(19)21-13(3)15-10-7-6-8-11-15/h5-8,10-14H,1,9H2,2-4H3,(H2,17,18,19,20)/t12-,13-,14+,22?/m0/s1. The number of hydrogen-bond acceptors (Lipinski definition) is 4. The Labute approximate surface area is 132 Å². The van der Waals surface area contributed by atoms with Gasteiger partial charge in [-0.05, 0) is 31.7 Å². The van der Waals surface area contributed by atoms with Gasteiger partial charge in [0.2, 0.25) is 0 Å². The van der Waals surface area contributed by atoms with Gasteiger partial charge >= 0.3 is 6.09 Å². The summed E-state index contributed by atoms with van der Waals surface area (Å²) in [5.74, 6) is -0.0191. The van der Waals surface area contributed by atoms with Crippen LogP contribution in [-0.2, 0) is 14.7 Å². The number of nitrogens with one attached hydrogen (secondary N) is 2. The van der Waals surface area contributed by atoms with Crippen LogP contribution in [-0.4, -0.2) is 15.6 Å². The third-order valence-electron chi connectivity index (χ3n) is 3.65. The lowest BCUT2D eigenvalue weighted by atomic mass is 10.1. The molecule has 1 amide bonds. The molecule has 5 nitrogen and oxygen atoms in total. The summed E-state index contributed by atoms with van der Waals surface area (Å²) in [5.41, 5.74) is 0.835. The van der Waals surface area contributed by atoms with E-state index in [9.17, 15) is 9.00 Å². The maximum Gasteiger partial charge on any atom is 0.420 e. The summed E-state index contributed by atoms with van der Waals surface area (Å²) in [5, 5.41) is -0.495. The number of amides is 1. The van der Waals surface area contributed by atoms with Crippen molar-refractivity contribution in [1.82, 2.24) is 4.72 Å². The highest BCUT2D eigenvalue weighted by Crippen LogP contribution is 2.18. The van der Waals surface area contributed by atoms with Crippen molar-refractivity contribution >= 4 is 16.0 Å². The van der Waals surface area contributed by atoms with Crippen LogP contribution in [0.3, 0.4) is 0 Å². The summed E-state index contributed by atoms with van der Waals surface area (Å²) in [6.07, 6.45) is 1.03. The van der Waals surface area contributed by atoms with Crippen molar-refractivity contribution in [3.8, 4) is 0 Å². The minimum absolute atomic E-state index is 0.0191. The monoisotopic (exact) mass is 324 g/mol. The van der Waals surface area contributed by atoms with Gasteiger partial charge in [0.1, 0.15) is 16.0 Å². The van der Waals surface area contributed by atoms with Crippen LogP contribution in [0.1, 0.15) is 38.9 Å². The Morgan fingerprint density at radius 2 is 1.95 bits per heavy atom. The summed E-state index contributed by atoms with van der Waals surface area (Å²) in [4.78, 5) is 11.9. The molecule has 1 aromatic carbocycles. The summed E-state index contributed by atoms with van der Waals surface area (Å²) < 4.78 is 27.6. The smallest absolute Gasteiger partial charge is 0.420 e. The third kappa shape index (κ3) is 5.18. The van der Waals surface area contributed by atoms with Gasteiger partial charge < -0.3 is 4.74 Å². The van der Waals surface area contributed by atoms with E-state index in [1.165, 1.54) is 0 Å². The molecule has 0 aliphatic carbocycles. The molecule has 0 heterocycles. The van der Waals surface area contributed by atoms with E-state index in [0.29, 0.717) is 6.42 Å². The fraction of sp³-hybridized carbons (Fsp3) is 0.438. The van der Waals surface area contributed by atoms with Crippen molar-refractivity contribution in [2.24, 2.45) is 5.92 Å². The van der Waals surface area contributed by atoms with Crippen LogP contribution in [0.2, 0.25) is 0 Å². The van der Waals surface area contributed by atoms with Gasteiger partial charge in [-0.2, -0.15) is 0 Å². The number of carbonyl (C=O) groups is 1. The molecule has 0 saturated heterocycles. The summed E-state index contributed by atoms with van der Waals surface area (Å²) in [6.45, 7) is 8.92. The first-order valence-electron chi connectivity index (χ1n) is 7.19. The zero-order chi connectivity index (χ0) is 16.8. The van der Waals surface area contributed by atoms with Gasteiger partial charge in [0, 0.05) is 0 Å². The number of benzene rings is 1. The summed E-state index contributed by atoms with van der Waals surface area (Å²) >= 11 is 0. The highest BCUT2D eigenvalue weighted by atomic mass is 32.2. The first kappa shape index (κ1) is 18.2. The number of rotatable bonds is 7. The molecule has 0 spiro atoms. The first-order valence-corrected chi connectivity index (χ1v) is 8.82. The maximum absolute atomic E-state index is 12.4. The molecule has 0 bridgehead atoms. The topological polar surface area (TPSA) is 79.3 Å². The summed E-state index contributed by atoms with van der Waals surface area (Å²) in [7, 11) is -3.28. The van der Waals surface area contributed by atoms with Crippen LogP contribution in [0.5, 0.6) is 0 Å². The van der Waals surface area contributed by atoms with Crippen LogP contribution in [0.15, 0.2) is 43.0 Å². The van der Waals surface area contributed by atoms with Gasteiger partial charge in [0.05, 0.1) is 5.25 Å². The Morgan fingerprint density at radius 1 is 1.36 bits per heavy atom. The molecule has 0 saturated carbocycles. The molecule has 2 N–H and O–H groups in total. The quantitative estimate of drug-likeness (QED) is 0.743. The zero-order valence-corrected chi connectivity index (χ0v) is 14.1. The van der Waals surface area contributed by atoms with Crippen molar-refractivity contribution in [3.05, 3.63) is 48.6 Å². The lowest BCUT2D eigenvalue weighted by Gasteiger charge is -2.22. The fourth-order valence-electron chi connectivity index (χ4n) is 1.98. The minimum atomic E-state index is -3.28. The molecule has 0 aliphatic heterocycles. The van der Waals surface area contributed by atoms with Gasteiger partial charge in [-0.1, -0.05) is 43.3 Å². The number of carbonyl (C=O) groups excluding carboxylic acids is 1. The van der Waals surface area contributed by atoms with Crippen molar-refractivity contribution in [1.29, 1.82) is 4.78 Å². The van der Waals surface area contributed by atoms with Crippen LogP contribution in [0, 0.1) is 10.7 Å². The second-order valence-electron chi connectivity index (χ2n) is 5.37. The van der Waals surface area contributed by atoms with Crippen molar-refractivity contribution < 1.29 is 13.7 Å². The van der Waals surface area contributed by atoms with Crippen LogP contribution >= 0.6 is 0 Å². The Kier molecular flexibility index (Phi) is 6.61. The Bertz CT molecular complexity index is 599. The molecule has 4 atom stereocenters. The van der Waals surface area contributed by atoms with E-state index in [1.54, 1.807) is 19.9 Å². The second kappa shape index (κ2) is 7.98. The van der Waals surface area contributed by atoms with Gasteiger partial charge in [0.25, 0.3) is 0 Å². The SMILES string of the molecule is C=CC[C@H](C)[C@@H](C)S(=N)(=O)NC(=O)O[C@@H](C)c1ccccc1. The molecule has 0 fully saturated rings. The molecule has 22 heavy (non-hydrogen) atoms. The van der Waals surface area contributed by atoms with Gasteiger partial charge in [-0.25, -0.2) is 18.5 Å². The first-order chi connectivity index (χ1) is 10.3. The lowest BCUT2D eigenvalue weighted by Crippen LogP contribution is -2.39. The van der Waals surface area contributed by atoms with Crippen molar-refractivity contribution in [2.45, 2.75) is 38.5 Å². The van der Waals surface area contributed by atoms with Crippen LogP contribution in [0.4, 0.5) is 4.79 Å². The highest BCUT2D eigenvalue weighted by Gasteiger charge is 2.25. The molecule has 6 heteroatoms. The number of allylic oxidation sites excluding steroid dienone is 1. The van der Waals surface area contributed by atoms with E-state index in [-0.39, 0.29) is 5.92 Å². The average Bonchev–Trinajstić information content (AvgIpc) is 2.46. The van der Waals surface area contributed by atoms with E-state index in [2.05, 4.69) is 11.3 Å². The van der Waals surface area contributed by atoms with Gasteiger partial charge in [-0.15, -0.1) is 6.58 Å². The number of ether oxygens (including phenoxy) is 1. The van der Waals surface area contributed by atoms with E-state index >= 15 is 0 Å². The van der Waals surface area contributed by atoms with Crippen molar-refractivity contribution in [3.63, 3.8) is 0 Å². The predicted octanol–water partition coefficient (Wildman–Crippen LogP) is 4.04. The Balaban J connectivity index is 2.65. The lowest BCUT2D eigenvalue weighted by molar-refractivity contribution is 0.113. The minimum Gasteiger partial charge on any atom is -0.441 e. The third-order valence-corrected chi connectivity index (χ3v) is 5.63. The van der Waals surface area contributed by atoms with Gasteiger partial charge in [0.15, 0.2) is 0 Å². The molecule has 0 radical (unpaired) electrons. The largest absolute Gasteiger partial charge is 0.441 e. The molecule has 1 unspecified atom stereocenters. The molecule has 1 rings (SSSR count). The Hall–Kier alpha value is -1.82. The van der Waals surface area contributed by atoms with Crippen LogP contribution < -0.4 is 4.72 Å². The molecular formula is C16H24N2O3S. The number of hydrogen-bond donors (Lipinski definition) is 2. The van der Waals surface area contributed by atoms with E-state index in [0.717, 1.165) is 5.56 Å². The average molecular weight is 324 g/mol. The van der Waals surface area contributed by atoms with E-state index in [4.69, 9.17) is 9.52 Å². The van der Waals surface area contributed by atoms with Crippen molar-refractivity contribution in [2.75, 3.05) is 0 Å². The highest BCUT2D eigenvalue weighted by molar-refractivity contribution is 7.91. The van der Waals surface area contributed by atoms with E-state index < -0.39 is 27.4 Å². The molecule has 0 aromatic heterocycles. The zero-order valence-electron chi connectivity index (χ0n) is 13.2. The molecular weight excluding hydrogens is 300 g/mol. The van der Waals surface area contributed by atoms with E-state index in [1.807, 2.05) is 37.3 Å². The second-order valence-corrected chi connectivity index (χ2v) is 7.52. The van der Waals surface area contributed by atoms with Crippen LogP contribution in [0.25, 0.3) is 0 Å². The van der Waals surface area contributed by atoms with Gasteiger partial charge in [-0.3, -0.25) is 0 Å². The normalized spacial score (nSPS) is 17.6. The molecule has 1 aromatic rings. The molecule has 122 valence electrons. The maximum atomic E-state index is 12.4. The summed E-state index contributed by atoms with van der Waals surface area (Å²) in [6, 6.07) is 9.24. The Morgan fingerprint density at radius 3 is 2.50 bits per heavy atom. The molecule has 0 aliphatic rings.